The second kappa shape index (κ2) is 9.88. The maximum absolute atomic E-state index is 9.17. The summed E-state index contributed by atoms with van der Waals surface area (Å²) in [7, 11) is 6.15. The van der Waals surface area contributed by atoms with Crippen molar-refractivity contribution in [3.63, 3.8) is 0 Å². The number of likely N-dealkylation sites (tertiary alicyclic amines) is 1. The molecule has 2 aromatic carbocycles. The molecular formula is C26H24BClN6. The summed E-state index contributed by atoms with van der Waals surface area (Å²) < 4.78 is 1.75. The summed E-state index contributed by atoms with van der Waals surface area (Å²) in [6.45, 7) is 3.74. The Morgan fingerprint density at radius 1 is 1.18 bits per heavy atom. The van der Waals surface area contributed by atoms with Crippen molar-refractivity contribution in [1.82, 2.24) is 19.5 Å². The zero-order valence-electron chi connectivity index (χ0n) is 18.8. The maximum Gasteiger partial charge on any atom is 0.150 e. The van der Waals surface area contributed by atoms with E-state index in [2.05, 4.69) is 27.5 Å². The molecule has 0 spiro atoms. The molecule has 3 heterocycles. The van der Waals surface area contributed by atoms with E-state index in [1.807, 2.05) is 48.5 Å². The van der Waals surface area contributed by atoms with Gasteiger partial charge in [0.25, 0.3) is 0 Å². The highest BCUT2D eigenvalue weighted by molar-refractivity contribution is 6.36. The summed E-state index contributed by atoms with van der Waals surface area (Å²) in [5, 5.41) is 17.8. The third-order valence-corrected chi connectivity index (χ3v) is 6.62. The molecule has 1 atom stereocenters. The average molecular weight is 467 g/mol. The average Bonchev–Trinajstić information content (AvgIpc) is 3.24. The molecule has 2 radical (unpaired) electrons. The highest BCUT2D eigenvalue weighted by Gasteiger charge is 2.21. The van der Waals surface area contributed by atoms with Crippen LogP contribution in [0.25, 0.3) is 16.9 Å². The molecule has 0 saturated carbocycles. The minimum absolute atomic E-state index is 0.493. The van der Waals surface area contributed by atoms with E-state index in [0.29, 0.717) is 27.6 Å². The summed E-state index contributed by atoms with van der Waals surface area (Å²) in [6.07, 6.45) is 3.94. The molecule has 1 N–H and O–H groups in total. The number of nitrogens with one attached hydrogen (secondary N) is 1. The van der Waals surface area contributed by atoms with Gasteiger partial charge in [0.15, 0.2) is 5.65 Å². The van der Waals surface area contributed by atoms with Crippen molar-refractivity contribution in [1.29, 1.82) is 5.26 Å². The lowest BCUT2D eigenvalue weighted by molar-refractivity contribution is 0.173. The monoisotopic (exact) mass is 466 g/mol. The Balaban J connectivity index is 1.32. The van der Waals surface area contributed by atoms with Crippen LogP contribution in [0, 0.1) is 17.2 Å². The van der Waals surface area contributed by atoms with E-state index in [-0.39, 0.29) is 0 Å². The predicted octanol–water partition coefficient (Wildman–Crippen LogP) is 4.04. The van der Waals surface area contributed by atoms with Crippen molar-refractivity contribution in [3.8, 4) is 17.3 Å². The van der Waals surface area contributed by atoms with Crippen LogP contribution < -0.4 is 10.8 Å². The van der Waals surface area contributed by atoms with Crippen LogP contribution in [0.5, 0.6) is 0 Å². The van der Waals surface area contributed by atoms with Gasteiger partial charge in [0.2, 0.25) is 0 Å². The van der Waals surface area contributed by atoms with Gasteiger partial charge in [-0.15, -0.1) is 0 Å². The van der Waals surface area contributed by atoms with Gasteiger partial charge in [-0.05, 0) is 54.5 Å². The fourth-order valence-corrected chi connectivity index (χ4v) is 4.85. The molecule has 0 aliphatic carbocycles. The maximum atomic E-state index is 9.17. The molecule has 34 heavy (non-hydrogen) atoms. The number of nitrogens with zero attached hydrogens (tertiary/aromatic N) is 5. The molecule has 168 valence electrons. The van der Waals surface area contributed by atoms with Crippen LogP contribution in [0.15, 0.2) is 60.8 Å². The number of hydrogen-bond acceptors (Lipinski definition) is 5. The first kappa shape index (κ1) is 22.5. The minimum atomic E-state index is 0.493. The normalized spacial score (nSPS) is 16.4. The van der Waals surface area contributed by atoms with E-state index >= 15 is 0 Å². The van der Waals surface area contributed by atoms with Gasteiger partial charge >= 0.3 is 0 Å². The lowest BCUT2D eigenvalue weighted by atomic mass is 9.97. The van der Waals surface area contributed by atoms with Gasteiger partial charge in [-0.25, -0.2) is 4.98 Å². The van der Waals surface area contributed by atoms with Gasteiger partial charge in [-0.2, -0.15) is 14.9 Å². The molecule has 8 heteroatoms. The van der Waals surface area contributed by atoms with Crippen LogP contribution in [0.3, 0.4) is 0 Å². The van der Waals surface area contributed by atoms with E-state index in [1.165, 1.54) is 5.56 Å². The molecule has 5 rings (SSSR count). The number of fused-ring (bicyclic) bond motifs is 1. The highest BCUT2D eigenvalue weighted by Crippen LogP contribution is 2.28. The quantitative estimate of drug-likeness (QED) is 0.434. The predicted molar refractivity (Wildman–Crippen MR) is 136 cm³/mol. The van der Waals surface area contributed by atoms with Gasteiger partial charge < -0.3 is 5.32 Å². The number of anilines is 1. The van der Waals surface area contributed by atoms with Gasteiger partial charge in [0, 0.05) is 42.5 Å². The summed E-state index contributed by atoms with van der Waals surface area (Å²) in [5.41, 5.74) is 4.65. The molecule has 4 aromatic rings. The summed E-state index contributed by atoms with van der Waals surface area (Å²) in [5.74, 6) is 1.34. The van der Waals surface area contributed by atoms with Crippen LogP contribution >= 0.6 is 11.6 Å². The smallest absolute Gasteiger partial charge is 0.150 e. The zero-order chi connectivity index (χ0) is 23.5. The molecule has 1 fully saturated rings. The topological polar surface area (TPSA) is 69.2 Å². The van der Waals surface area contributed by atoms with Crippen molar-refractivity contribution in [2.45, 2.75) is 19.4 Å². The minimum Gasteiger partial charge on any atom is -0.370 e. The number of nitriles is 1. The second-order valence-corrected chi connectivity index (χ2v) is 9.19. The van der Waals surface area contributed by atoms with E-state index in [4.69, 9.17) is 24.4 Å². The van der Waals surface area contributed by atoms with Crippen LogP contribution in [-0.4, -0.2) is 47.0 Å². The highest BCUT2D eigenvalue weighted by atomic mass is 35.5. The lowest BCUT2D eigenvalue weighted by Gasteiger charge is -2.33. The van der Waals surface area contributed by atoms with Gasteiger partial charge in [0.1, 0.15) is 13.7 Å². The molecule has 0 bridgehead atoms. The van der Waals surface area contributed by atoms with E-state index in [1.54, 1.807) is 10.7 Å². The van der Waals surface area contributed by atoms with Crippen molar-refractivity contribution in [2.24, 2.45) is 5.92 Å². The number of benzene rings is 2. The van der Waals surface area contributed by atoms with Gasteiger partial charge in [0.05, 0.1) is 17.3 Å². The Morgan fingerprint density at radius 3 is 2.91 bits per heavy atom. The largest absolute Gasteiger partial charge is 0.370 e. The first-order valence-corrected chi connectivity index (χ1v) is 11.8. The lowest BCUT2D eigenvalue weighted by Crippen LogP contribution is -2.37. The Labute approximate surface area is 205 Å². The number of hydrogen-bond donors (Lipinski definition) is 1. The molecular weight excluding hydrogens is 443 g/mol. The Kier molecular flexibility index (Phi) is 6.53. The molecule has 6 nitrogen and oxygen atoms in total. The first-order chi connectivity index (χ1) is 16.6. The molecule has 0 amide bonds. The Bertz CT molecular complexity index is 1360. The molecule has 1 aliphatic rings. The van der Waals surface area contributed by atoms with Crippen LogP contribution in [0.2, 0.25) is 5.02 Å². The van der Waals surface area contributed by atoms with Crippen molar-refractivity contribution in [2.75, 3.05) is 25.0 Å². The number of aromatic nitrogens is 3. The Hall–Kier alpha value is -3.34. The molecule has 1 unspecified atom stereocenters. The third-order valence-electron chi connectivity index (χ3n) is 6.29. The summed E-state index contributed by atoms with van der Waals surface area (Å²) >= 11 is 6.44. The van der Waals surface area contributed by atoms with E-state index in [0.717, 1.165) is 56.1 Å². The fraction of sp³-hybridized carbons (Fsp3) is 0.269. The van der Waals surface area contributed by atoms with Gasteiger partial charge in [-0.1, -0.05) is 41.9 Å². The number of piperidine rings is 1. The van der Waals surface area contributed by atoms with E-state index < -0.39 is 0 Å². The van der Waals surface area contributed by atoms with Crippen LogP contribution in [0.1, 0.15) is 24.0 Å². The third kappa shape index (κ3) is 4.79. The van der Waals surface area contributed by atoms with E-state index in [9.17, 15) is 5.26 Å². The molecule has 1 aliphatic heterocycles. The molecule has 1 saturated heterocycles. The van der Waals surface area contributed by atoms with Crippen LogP contribution in [-0.2, 0) is 6.54 Å². The SMILES string of the molecule is [B]c1cnn2c(NCC3CCCN(Cc4cccc(C#N)c4)C3)cc(-c3ccccc3Cl)nc12. The molecule has 2 aromatic heterocycles. The second-order valence-electron chi connectivity index (χ2n) is 8.78. The van der Waals surface area contributed by atoms with Gasteiger partial charge in [-0.3, -0.25) is 4.90 Å². The summed E-state index contributed by atoms with van der Waals surface area (Å²) in [4.78, 5) is 7.18. The zero-order valence-corrected chi connectivity index (χ0v) is 19.5. The van der Waals surface area contributed by atoms with Crippen LogP contribution in [0.4, 0.5) is 5.82 Å². The fourth-order valence-electron chi connectivity index (χ4n) is 4.62. The Morgan fingerprint density at radius 2 is 2.06 bits per heavy atom. The van der Waals surface area contributed by atoms with Crippen molar-refractivity contribution >= 4 is 36.4 Å². The van der Waals surface area contributed by atoms with Crippen molar-refractivity contribution < 1.29 is 0 Å². The van der Waals surface area contributed by atoms with Crippen molar-refractivity contribution in [3.05, 3.63) is 76.9 Å². The standard InChI is InChI=1S/C26H24BClN6/c27-22-15-31-34-25(12-24(32-26(22)34)21-8-1-2-9-23(21)28)30-14-20-7-4-10-33(17-20)16-19-6-3-5-18(11-19)13-29/h1-3,5-6,8-9,11-12,15,20,30H,4,7,10,14,16-17H2. The number of rotatable bonds is 6. The first-order valence-electron chi connectivity index (χ1n) is 11.4. The number of halogens is 1. The summed E-state index contributed by atoms with van der Waals surface area (Å²) in [6, 6.07) is 19.8.